The number of nitrogens with zero attached hydrogens (tertiary/aromatic N) is 1. The van der Waals surface area contributed by atoms with Crippen molar-refractivity contribution in [3.8, 4) is 0 Å². The zero-order chi connectivity index (χ0) is 11.3. The van der Waals surface area contributed by atoms with Crippen molar-refractivity contribution in [1.82, 2.24) is 4.90 Å². The van der Waals surface area contributed by atoms with Crippen LogP contribution in [0.1, 0.15) is 19.3 Å². The van der Waals surface area contributed by atoms with Crippen LogP contribution in [0.5, 0.6) is 0 Å². The minimum atomic E-state index is -0.302. The van der Waals surface area contributed by atoms with Gasteiger partial charge in [-0.15, -0.1) is 0 Å². The van der Waals surface area contributed by atoms with E-state index in [1.54, 1.807) is 4.90 Å². The quantitative estimate of drug-likeness (QED) is 0.646. The van der Waals surface area contributed by atoms with Crippen LogP contribution in [0.4, 0.5) is 0 Å². The molecule has 1 fully saturated rings. The first-order valence-electron chi connectivity index (χ1n) is 5.10. The maximum absolute atomic E-state index is 11.6. The maximum Gasteiger partial charge on any atom is 0.230 e. The van der Waals surface area contributed by atoms with Gasteiger partial charge in [0.25, 0.3) is 0 Å². The van der Waals surface area contributed by atoms with Crippen molar-refractivity contribution in [3.63, 3.8) is 0 Å². The molecule has 1 heterocycles. The Bertz CT molecular complexity index is 234. The van der Waals surface area contributed by atoms with E-state index < -0.39 is 0 Å². The van der Waals surface area contributed by atoms with Gasteiger partial charge < -0.3 is 14.7 Å². The second-order valence-electron chi connectivity index (χ2n) is 3.76. The minimum Gasteiger partial charge on any atom is -0.393 e. The Balaban J connectivity index is 2.31. The molecule has 5 nitrogen and oxygen atoms in total. The standard InChI is InChI=1S/C10H17NO4/c1-15-7-9(13)6-10(14)11-4-2-8(12)3-5-11/h8,12H,2-7H2,1H3. The van der Waals surface area contributed by atoms with Gasteiger partial charge in [-0.25, -0.2) is 0 Å². The number of aliphatic hydroxyl groups excluding tert-OH is 1. The average molecular weight is 215 g/mol. The SMILES string of the molecule is COCC(=O)CC(=O)N1CCC(O)CC1. The topological polar surface area (TPSA) is 66.8 Å². The Morgan fingerprint density at radius 3 is 2.53 bits per heavy atom. The number of amides is 1. The molecule has 0 aliphatic carbocycles. The van der Waals surface area contributed by atoms with Crippen molar-refractivity contribution in [2.24, 2.45) is 0 Å². The van der Waals surface area contributed by atoms with E-state index in [4.69, 9.17) is 0 Å². The first kappa shape index (κ1) is 12.1. The molecule has 1 N–H and O–H groups in total. The third-order valence-electron chi connectivity index (χ3n) is 2.47. The van der Waals surface area contributed by atoms with Gasteiger partial charge in [-0.2, -0.15) is 0 Å². The maximum atomic E-state index is 11.6. The number of ketones is 1. The number of carbonyl (C=O) groups is 2. The number of carbonyl (C=O) groups excluding carboxylic acids is 2. The van der Waals surface area contributed by atoms with Gasteiger partial charge in [-0.3, -0.25) is 9.59 Å². The van der Waals surface area contributed by atoms with E-state index in [0.717, 1.165) is 0 Å². The average Bonchev–Trinajstić information content (AvgIpc) is 2.18. The molecule has 86 valence electrons. The zero-order valence-electron chi connectivity index (χ0n) is 8.94. The van der Waals surface area contributed by atoms with Gasteiger partial charge in [0, 0.05) is 20.2 Å². The molecular weight excluding hydrogens is 198 g/mol. The number of methoxy groups -OCH3 is 1. The van der Waals surface area contributed by atoms with Gasteiger partial charge in [-0.05, 0) is 12.8 Å². The van der Waals surface area contributed by atoms with Crippen molar-refractivity contribution in [2.75, 3.05) is 26.8 Å². The molecule has 0 aromatic carbocycles. The fourth-order valence-corrected chi connectivity index (χ4v) is 1.61. The molecule has 1 amide bonds. The molecule has 15 heavy (non-hydrogen) atoms. The predicted octanol–water partition coefficient (Wildman–Crippen LogP) is -0.425. The van der Waals surface area contributed by atoms with E-state index >= 15 is 0 Å². The summed E-state index contributed by atoms with van der Waals surface area (Å²) in [6.45, 7) is 1.07. The van der Waals surface area contributed by atoms with Gasteiger partial charge in [0.2, 0.25) is 5.91 Å². The van der Waals surface area contributed by atoms with E-state index in [-0.39, 0.29) is 30.8 Å². The van der Waals surface area contributed by atoms with E-state index in [9.17, 15) is 14.7 Å². The number of piperidine rings is 1. The highest BCUT2D eigenvalue weighted by molar-refractivity contribution is 5.98. The normalized spacial score (nSPS) is 17.9. The summed E-state index contributed by atoms with van der Waals surface area (Å²) in [6, 6.07) is 0. The van der Waals surface area contributed by atoms with Crippen LogP contribution in [0, 0.1) is 0 Å². The molecule has 0 spiro atoms. The summed E-state index contributed by atoms with van der Waals surface area (Å²) < 4.78 is 4.65. The van der Waals surface area contributed by atoms with Crippen molar-refractivity contribution in [2.45, 2.75) is 25.4 Å². The Labute approximate surface area is 89.0 Å². The fraction of sp³-hybridized carbons (Fsp3) is 0.800. The number of Topliss-reactive ketones (excluding diaryl/α,β-unsaturated/α-hetero) is 1. The Hall–Kier alpha value is -0.940. The predicted molar refractivity (Wildman–Crippen MR) is 53.3 cm³/mol. The van der Waals surface area contributed by atoms with E-state index in [1.807, 2.05) is 0 Å². The Kier molecular flexibility index (Phi) is 4.71. The Morgan fingerprint density at radius 2 is 2.00 bits per heavy atom. The van der Waals surface area contributed by atoms with E-state index in [0.29, 0.717) is 25.9 Å². The van der Waals surface area contributed by atoms with Gasteiger partial charge in [0.1, 0.15) is 6.61 Å². The summed E-state index contributed by atoms with van der Waals surface area (Å²) in [6.07, 6.45) is 0.807. The number of rotatable bonds is 4. The highest BCUT2D eigenvalue weighted by atomic mass is 16.5. The summed E-state index contributed by atoms with van der Waals surface area (Å²) in [5.74, 6) is -0.363. The number of aliphatic hydroxyl groups is 1. The second-order valence-corrected chi connectivity index (χ2v) is 3.76. The number of hydrogen-bond donors (Lipinski definition) is 1. The van der Waals surface area contributed by atoms with Crippen LogP contribution < -0.4 is 0 Å². The molecule has 0 atom stereocenters. The summed E-state index contributed by atoms with van der Waals surface area (Å²) >= 11 is 0. The Morgan fingerprint density at radius 1 is 1.40 bits per heavy atom. The lowest BCUT2D eigenvalue weighted by Gasteiger charge is -2.29. The molecule has 0 radical (unpaired) electrons. The molecular formula is C10H17NO4. The van der Waals surface area contributed by atoms with Crippen molar-refractivity contribution in [3.05, 3.63) is 0 Å². The van der Waals surface area contributed by atoms with Gasteiger partial charge in [-0.1, -0.05) is 0 Å². The largest absolute Gasteiger partial charge is 0.393 e. The molecule has 1 aliphatic rings. The number of ether oxygens (including phenoxy) is 1. The van der Waals surface area contributed by atoms with Crippen LogP contribution in [-0.4, -0.2) is 54.6 Å². The van der Waals surface area contributed by atoms with Crippen molar-refractivity contribution < 1.29 is 19.4 Å². The van der Waals surface area contributed by atoms with Crippen LogP contribution in [-0.2, 0) is 14.3 Å². The van der Waals surface area contributed by atoms with Crippen LogP contribution in [0.2, 0.25) is 0 Å². The van der Waals surface area contributed by atoms with Crippen LogP contribution >= 0.6 is 0 Å². The first-order chi connectivity index (χ1) is 7.13. The molecule has 1 aliphatic heterocycles. The minimum absolute atomic E-state index is 0.0117. The third-order valence-corrected chi connectivity index (χ3v) is 2.47. The molecule has 1 rings (SSSR count). The smallest absolute Gasteiger partial charge is 0.230 e. The number of hydrogen-bond acceptors (Lipinski definition) is 4. The monoisotopic (exact) mass is 215 g/mol. The first-order valence-corrected chi connectivity index (χ1v) is 5.10. The summed E-state index contributed by atoms with van der Waals surface area (Å²) in [5.41, 5.74) is 0. The van der Waals surface area contributed by atoms with Crippen LogP contribution in [0.3, 0.4) is 0 Å². The molecule has 0 bridgehead atoms. The lowest BCUT2D eigenvalue weighted by Crippen LogP contribution is -2.41. The number of likely N-dealkylation sites (tertiary alicyclic amines) is 1. The van der Waals surface area contributed by atoms with Gasteiger partial charge >= 0.3 is 0 Å². The zero-order valence-corrected chi connectivity index (χ0v) is 8.94. The molecule has 1 saturated heterocycles. The lowest BCUT2D eigenvalue weighted by molar-refractivity contribution is -0.138. The van der Waals surface area contributed by atoms with Crippen LogP contribution in [0.15, 0.2) is 0 Å². The highest BCUT2D eigenvalue weighted by Gasteiger charge is 2.22. The third kappa shape index (κ3) is 3.97. The molecule has 0 aromatic heterocycles. The molecule has 5 heteroatoms. The summed E-state index contributed by atoms with van der Waals surface area (Å²) in [5, 5.41) is 9.25. The molecule has 0 saturated carbocycles. The lowest BCUT2D eigenvalue weighted by atomic mass is 10.1. The second kappa shape index (κ2) is 5.82. The molecule has 0 aromatic rings. The van der Waals surface area contributed by atoms with Crippen molar-refractivity contribution >= 4 is 11.7 Å². The van der Waals surface area contributed by atoms with Crippen LogP contribution in [0.25, 0.3) is 0 Å². The fourth-order valence-electron chi connectivity index (χ4n) is 1.61. The molecule has 0 unspecified atom stereocenters. The summed E-state index contributed by atoms with van der Waals surface area (Å²) in [7, 11) is 1.43. The van der Waals surface area contributed by atoms with E-state index in [1.165, 1.54) is 7.11 Å². The van der Waals surface area contributed by atoms with Gasteiger partial charge in [0.05, 0.1) is 12.5 Å². The highest BCUT2D eigenvalue weighted by Crippen LogP contribution is 2.10. The van der Waals surface area contributed by atoms with Crippen molar-refractivity contribution in [1.29, 1.82) is 0 Å². The summed E-state index contributed by atoms with van der Waals surface area (Å²) in [4.78, 5) is 24.3. The van der Waals surface area contributed by atoms with Gasteiger partial charge in [0.15, 0.2) is 5.78 Å². The van der Waals surface area contributed by atoms with E-state index in [2.05, 4.69) is 4.74 Å².